The van der Waals surface area contributed by atoms with Crippen molar-refractivity contribution in [1.82, 2.24) is 0 Å². The molecule has 24 heteroatoms. The van der Waals surface area contributed by atoms with Crippen LogP contribution in [0.5, 0.6) is 5.19 Å². The molecule has 1 heterocycles. The number of thiazole rings is 1. The molecule has 1 fully saturated rings. The van der Waals surface area contributed by atoms with E-state index in [4.69, 9.17) is 4.74 Å². The van der Waals surface area contributed by atoms with Crippen molar-refractivity contribution in [3.63, 3.8) is 0 Å². The van der Waals surface area contributed by atoms with Crippen LogP contribution in [0.1, 0.15) is 31.2 Å². The molecule has 0 N–H and O–H groups in total. The van der Waals surface area contributed by atoms with Crippen molar-refractivity contribution in [1.29, 1.82) is 0 Å². The van der Waals surface area contributed by atoms with Gasteiger partial charge in [0, 0.05) is 5.56 Å². The standard InChI is InChI=1S/C24BF20.C15H18NOS/c26-5-1(6(27)14(35)21(42)13(5)34)25(2-7(28)15(36)22(43)16(37)8(2)29,3-9(30)17(38)23(44)18(39)10(3)31)4-11(32)19(40)24(45)20(41)12(4)33;1-2-6-13(7-3-1)12-16-10-11-18-15(16)17-14-8-4-5-9-14/h;1-3,6-7,10-11,14H,4-5,8-9,12H2/q-1;+1. The summed E-state index contributed by atoms with van der Waals surface area (Å²) in [6.07, 6.45) is 0.383. The van der Waals surface area contributed by atoms with Crippen molar-refractivity contribution >= 4 is 39.3 Å². The molecule has 1 aliphatic carbocycles. The first kappa shape index (κ1) is 46.7. The Morgan fingerprint density at radius 2 is 0.714 bits per heavy atom. The topological polar surface area (TPSA) is 13.1 Å². The third-order valence-corrected chi connectivity index (χ3v) is 10.9. The molecule has 1 saturated carbocycles. The summed E-state index contributed by atoms with van der Waals surface area (Å²) in [7, 11) is 0. The van der Waals surface area contributed by atoms with Gasteiger partial charge in [-0.15, -0.1) is 21.9 Å². The van der Waals surface area contributed by atoms with Gasteiger partial charge in [-0.1, -0.05) is 30.3 Å². The minimum absolute atomic E-state index is 0.436. The largest absolute Gasteiger partial charge is 0.433 e. The van der Waals surface area contributed by atoms with Crippen LogP contribution in [-0.4, -0.2) is 12.2 Å². The van der Waals surface area contributed by atoms with Crippen LogP contribution in [0.4, 0.5) is 87.8 Å². The molecule has 6 aromatic rings. The fraction of sp³-hybridized carbons (Fsp3) is 0.154. The van der Waals surface area contributed by atoms with E-state index in [1.807, 2.05) is 0 Å². The first-order chi connectivity index (χ1) is 29.6. The zero-order valence-corrected chi connectivity index (χ0v) is 31.4. The Balaban J connectivity index is 0.000000302. The van der Waals surface area contributed by atoms with E-state index in [-0.39, 0.29) is 0 Å². The highest BCUT2D eigenvalue weighted by molar-refractivity contribution is 7.20. The highest BCUT2D eigenvalue weighted by atomic mass is 32.1. The van der Waals surface area contributed by atoms with Crippen LogP contribution in [-0.2, 0) is 6.54 Å². The van der Waals surface area contributed by atoms with Crippen molar-refractivity contribution in [3.8, 4) is 5.19 Å². The number of hydrogen-bond donors (Lipinski definition) is 0. The summed E-state index contributed by atoms with van der Waals surface area (Å²) in [6.45, 7) is 0.895. The Morgan fingerprint density at radius 3 is 1.02 bits per heavy atom. The molecule has 5 aromatic carbocycles. The summed E-state index contributed by atoms with van der Waals surface area (Å²) in [5, 5.41) is 3.15. The number of nitrogens with zero attached hydrogens (tertiary/aromatic N) is 1. The second kappa shape index (κ2) is 17.8. The van der Waals surface area contributed by atoms with Gasteiger partial charge in [-0.2, -0.15) is 4.57 Å². The molecule has 0 radical (unpaired) electrons. The Kier molecular flexibility index (Phi) is 13.2. The molecule has 63 heavy (non-hydrogen) atoms. The lowest BCUT2D eigenvalue weighted by Gasteiger charge is -2.44. The summed E-state index contributed by atoms with van der Waals surface area (Å²) in [6, 6.07) is 10.5. The Bertz CT molecular complexity index is 2380. The van der Waals surface area contributed by atoms with E-state index in [0.29, 0.717) is 6.10 Å². The third-order valence-electron chi connectivity index (χ3n) is 10.1. The number of ether oxygens (including phenoxy) is 1. The van der Waals surface area contributed by atoms with Gasteiger partial charge in [0.2, 0.25) is 0 Å². The van der Waals surface area contributed by atoms with Crippen LogP contribution in [0.2, 0.25) is 0 Å². The van der Waals surface area contributed by atoms with E-state index in [1.165, 1.54) is 31.2 Å². The number of aromatic nitrogens is 1. The van der Waals surface area contributed by atoms with Crippen LogP contribution < -0.4 is 31.2 Å². The fourth-order valence-corrected chi connectivity index (χ4v) is 8.08. The number of halogens is 20. The molecule has 334 valence electrons. The van der Waals surface area contributed by atoms with E-state index >= 15 is 35.1 Å². The van der Waals surface area contributed by atoms with Crippen LogP contribution in [0.3, 0.4) is 0 Å². The maximum atomic E-state index is 15.4. The van der Waals surface area contributed by atoms with Crippen molar-refractivity contribution in [2.24, 2.45) is 0 Å². The number of rotatable bonds is 8. The Hall–Kier alpha value is -5.81. The van der Waals surface area contributed by atoms with E-state index in [1.54, 1.807) is 11.3 Å². The van der Waals surface area contributed by atoms with Crippen LogP contribution >= 0.6 is 11.3 Å². The lowest BCUT2D eigenvalue weighted by molar-refractivity contribution is -0.689. The molecule has 0 bridgehead atoms. The summed E-state index contributed by atoms with van der Waals surface area (Å²) in [5.74, 6) is -71.4. The lowest BCUT2D eigenvalue weighted by Crippen LogP contribution is -2.81. The zero-order valence-electron chi connectivity index (χ0n) is 30.6. The molecule has 1 aliphatic rings. The van der Waals surface area contributed by atoms with E-state index in [0.717, 1.165) is 11.7 Å². The van der Waals surface area contributed by atoms with Crippen molar-refractivity contribution in [2.45, 2.75) is 38.3 Å². The predicted molar refractivity (Wildman–Crippen MR) is 182 cm³/mol. The van der Waals surface area contributed by atoms with Crippen LogP contribution in [0.25, 0.3) is 0 Å². The summed E-state index contributed by atoms with van der Waals surface area (Å²) >= 11 is 1.70. The number of benzene rings is 5. The van der Waals surface area contributed by atoms with Crippen molar-refractivity contribution in [3.05, 3.63) is 164 Å². The van der Waals surface area contributed by atoms with Gasteiger partial charge >= 0.3 is 5.19 Å². The van der Waals surface area contributed by atoms with Gasteiger partial charge in [-0.3, -0.25) is 0 Å². The normalized spacial score (nSPS) is 13.1. The summed E-state index contributed by atoms with van der Waals surface area (Å²) in [4.78, 5) is 0. The second-order valence-corrected chi connectivity index (χ2v) is 14.5. The minimum Gasteiger partial charge on any atom is -0.433 e. The zero-order chi connectivity index (χ0) is 46.6. The van der Waals surface area contributed by atoms with Crippen LogP contribution in [0, 0.1) is 116 Å². The van der Waals surface area contributed by atoms with Gasteiger partial charge < -0.3 is 4.74 Å². The van der Waals surface area contributed by atoms with Gasteiger partial charge in [0.1, 0.15) is 58.8 Å². The molecule has 1 aromatic heterocycles. The van der Waals surface area contributed by atoms with Crippen LogP contribution in [0.15, 0.2) is 41.9 Å². The molecule has 0 unspecified atom stereocenters. The SMILES string of the molecule is Fc1c(F)c(F)c([B-](c2c(F)c(F)c(F)c(F)c2F)(c2c(F)c(F)c(F)c(F)c2F)c2c(F)c(F)c(F)c(F)c2F)c(F)c1F.c1ccc(C[n+]2ccsc2OC2CCCC2)cc1. The molecule has 2 nitrogen and oxygen atoms in total. The summed E-state index contributed by atoms with van der Waals surface area (Å²) in [5.41, 5.74) is -13.0. The highest BCUT2D eigenvalue weighted by Crippen LogP contribution is 2.31. The van der Waals surface area contributed by atoms with Gasteiger partial charge in [-0.05, 0) is 37.0 Å². The summed E-state index contributed by atoms with van der Waals surface area (Å²) < 4.78 is 302. The lowest BCUT2D eigenvalue weighted by atomic mass is 9.12. The molecule has 0 atom stereocenters. The van der Waals surface area contributed by atoms with Gasteiger partial charge in [0.25, 0.3) is 0 Å². The molecule has 0 aliphatic heterocycles. The van der Waals surface area contributed by atoms with Gasteiger partial charge in [-0.25, -0.2) is 87.8 Å². The molecular formula is C39H18BF20NOS. The van der Waals surface area contributed by atoms with Crippen molar-refractivity contribution < 1.29 is 97.1 Å². The third kappa shape index (κ3) is 7.62. The molecule has 0 saturated heterocycles. The molecule has 0 spiro atoms. The van der Waals surface area contributed by atoms with Crippen molar-refractivity contribution in [2.75, 3.05) is 0 Å². The first-order valence-electron chi connectivity index (χ1n) is 17.5. The fourth-order valence-electron chi connectivity index (χ4n) is 7.31. The monoisotopic (exact) mass is 939 g/mol. The quantitative estimate of drug-likeness (QED) is 0.0488. The second-order valence-electron chi connectivity index (χ2n) is 13.6. The Morgan fingerprint density at radius 1 is 0.429 bits per heavy atom. The minimum atomic E-state index is -7.22. The van der Waals surface area contributed by atoms with E-state index < -0.39 is 144 Å². The Labute approximate surface area is 343 Å². The van der Waals surface area contributed by atoms with E-state index in [2.05, 4.69) is 46.5 Å². The predicted octanol–water partition coefficient (Wildman–Crippen LogP) is 9.25. The smallest absolute Gasteiger partial charge is 0.430 e. The van der Waals surface area contributed by atoms with Gasteiger partial charge in [0.05, 0.1) is 5.38 Å². The molecular weight excluding hydrogens is 921 g/mol. The number of hydrogen-bond acceptors (Lipinski definition) is 2. The van der Waals surface area contributed by atoms with E-state index in [9.17, 15) is 52.7 Å². The van der Waals surface area contributed by atoms with Gasteiger partial charge in [0.15, 0.2) is 82.5 Å². The average molecular weight is 939 g/mol. The maximum absolute atomic E-state index is 15.4. The maximum Gasteiger partial charge on any atom is 0.430 e. The first-order valence-corrected chi connectivity index (χ1v) is 18.4. The highest BCUT2D eigenvalue weighted by Gasteiger charge is 2.52. The average Bonchev–Trinajstić information content (AvgIpc) is 3.96. The molecule has 7 rings (SSSR count). The molecule has 0 amide bonds.